The van der Waals surface area contributed by atoms with Gasteiger partial charge in [0, 0.05) is 17.3 Å². The van der Waals surface area contributed by atoms with Gasteiger partial charge in [-0.1, -0.05) is 32.0 Å². The van der Waals surface area contributed by atoms with Crippen molar-refractivity contribution in [3.8, 4) is 11.5 Å². The molecule has 1 amide bonds. The van der Waals surface area contributed by atoms with Crippen LogP contribution in [0.2, 0.25) is 0 Å². The van der Waals surface area contributed by atoms with Crippen molar-refractivity contribution < 1.29 is 23.8 Å². The molecule has 0 radical (unpaired) electrons. The van der Waals surface area contributed by atoms with E-state index in [0.717, 1.165) is 17.7 Å². The molecule has 0 spiro atoms. The highest BCUT2D eigenvalue weighted by molar-refractivity contribution is 5.97. The molecule has 0 saturated carbocycles. The Kier molecular flexibility index (Phi) is 8.47. The number of benzene rings is 2. The molecule has 0 unspecified atom stereocenters. The van der Waals surface area contributed by atoms with Gasteiger partial charge in [0.15, 0.2) is 6.10 Å². The summed E-state index contributed by atoms with van der Waals surface area (Å²) >= 11 is 0. The molecule has 2 aromatic carbocycles. The van der Waals surface area contributed by atoms with Crippen LogP contribution in [-0.2, 0) is 14.3 Å². The fourth-order valence-corrected chi connectivity index (χ4v) is 2.89. The third-order valence-electron chi connectivity index (χ3n) is 4.86. The van der Waals surface area contributed by atoms with Gasteiger partial charge in [0.2, 0.25) is 0 Å². The lowest BCUT2D eigenvalue weighted by molar-refractivity contribution is -0.148. The fraction of sp³-hybridized carbons (Fsp3) is 0.333. The molecule has 0 bridgehead atoms. The number of hydrogen-bond donors (Lipinski definition) is 1. The third-order valence-corrected chi connectivity index (χ3v) is 4.86. The van der Waals surface area contributed by atoms with E-state index in [4.69, 9.17) is 14.2 Å². The minimum absolute atomic E-state index is 0.306. The van der Waals surface area contributed by atoms with E-state index in [0.29, 0.717) is 23.0 Å². The summed E-state index contributed by atoms with van der Waals surface area (Å²) in [6.07, 6.45) is 2.83. The summed E-state index contributed by atoms with van der Waals surface area (Å²) in [6, 6.07) is 12.9. The molecular formula is C24H29NO5. The lowest BCUT2D eigenvalue weighted by Gasteiger charge is -2.17. The zero-order chi connectivity index (χ0) is 22.1. The van der Waals surface area contributed by atoms with E-state index in [1.807, 2.05) is 24.3 Å². The van der Waals surface area contributed by atoms with Crippen LogP contribution in [0, 0.1) is 0 Å². The maximum Gasteiger partial charge on any atom is 0.331 e. The number of carbonyl (C=O) groups excluding carboxylic acids is 2. The second-order valence-corrected chi connectivity index (χ2v) is 6.91. The topological polar surface area (TPSA) is 73.9 Å². The van der Waals surface area contributed by atoms with Crippen LogP contribution < -0.4 is 14.8 Å². The van der Waals surface area contributed by atoms with Gasteiger partial charge in [0.05, 0.1) is 14.2 Å². The average Bonchev–Trinajstić information content (AvgIpc) is 2.77. The van der Waals surface area contributed by atoms with Crippen LogP contribution in [0.4, 0.5) is 5.69 Å². The molecule has 2 aromatic rings. The number of rotatable bonds is 9. The van der Waals surface area contributed by atoms with Crippen LogP contribution in [0.15, 0.2) is 48.5 Å². The van der Waals surface area contributed by atoms with Gasteiger partial charge in [-0.15, -0.1) is 0 Å². The van der Waals surface area contributed by atoms with Crippen molar-refractivity contribution >= 4 is 23.6 Å². The highest BCUT2D eigenvalue weighted by Crippen LogP contribution is 2.27. The summed E-state index contributed by atoms with van der Waals surface area (Å²) in [5.41, 5.74) is 2.45. The first-order valence-corrected chi connectivity index (χ1v) is 9.90. The molecule has 2 rings (SSSR count). The van der Waals surface area contributed by atoms with E-state index in [1.54, 1.807) is 45.4 Å². The van der Waals surface area contributed by atoms with Crippen LogP contribution in [-0.4, -0.2) is 32.2 Å². The zero-order valence-electron chi connectivity index (χ0n) is 18.1. The number of anilines is 1. The smallest absolute Gasteiger partial charge is 0.331 e. The van der Waals surface area contributed by atoms with E-state index in [-0.39, 0.29) is 5.91 Å². The van der Waals surface area contributed by atoms with Gasteiger partial charge in [0.1, 0.15) is 11.5 Å². The Balaban J connectivity index is 2.03. The van der Waals surface area contributed by atoms with Crippen LogP contribution >= 0.6 is 0 Å². The van der Waals surface area contributed by atoms with Crippen molar-refractivity contribution in [2.45, 2.75) is 39.2 Å². The highest BCUT2D eigenvalue weighted by Gasteiger charge is 2.19. The molecule has 30 heavy (non-hydrogen) atoms. The Morgan fingerprint density at radius 2 is 1.80 bits per heavy atom. The lowest BCUT2D eigenvalue weighted by Crippen LogP contribution is -2.29. The average molecular weight is 411 g/mol. The molecule has 0 saturated heterocycles. The third kappa shape index (κ3) is 6.11. The molecule has 0 aromatic heterocycles. The lowest BCUT2D eigenvalue weighted by atomic mass is 9.97. The predicted octanol–water partition coefficient (Wildman–Crippen LogP) is 4.80. The Hall–Kier alpha value is -3.28. The first kappa shape index (κ1) is 23.0. The van der Waals surface area contributed by atoms with Crippen LogP contribution in [0.25, 0.3) is 6.08 Å². The summed E-state index contributed by atoms with van der Waals surface area (Å²) in [5.74, 6) is 0.521. The van der Waals surface area contributed by atoms with Gasteiger partial charge >= 0.3 is 5.97 Å². The quantitative estimate of drug-likeness (QED) is 0.474. The molecular weight excluding hydrogens is 382 g/mol. The molecule has 2 atom stereocenters. The Morgan fingerprint density at radius 1 is 1.07 bits per heavy atom. The monoisotopic (exact) mass is 411 g/mol. The van der Waals surface area contributed by atoms with Gasteiger partial charge in [0.25, 0.3) is 5.91 Å². The highest BCUT2D eigenvalue weighted by atomic mass is 16.5. The number of nitrogens with one attached hydrogen (secondary N) is 1. The largest absolute Gasteiger partial charge is 0.497 e. The van der Waals surface area contributed by atoms with Crippen molar-refractivity contribution in [2.75, 3.05) is 19.5 Å². The molecule has 0 aliphatic rings. The van der Waals surface area contributed by atoms with Crippen molar-refractivity contribution in [3.63, 3.8) is 0 Å². The van der Waals surface area contributed by atoms with Gasteiger partial charge < -0.3 is 19.5 Å². The van der Waals surface area contributed by atoms with Crippen molar-refractivity contribution in [1.82, 2.24) is 0 Å². The van der Waals surface area contributed by atoms with Gasteiger partial charge in [-0.3, -0.25) is 4.79 Å². The van der Waals surface area contributed by atoms with Gasteiger partial charge in [-0.2, -0.15) is 0 Å². The number of amides is 1. The fourth-order valence-electron chi connectivity index (χ4n) is 2.89. The Morgan fingerprint density at radius 3 is 2.47 bits per heavy atom. The standard InChI is InChI=1S/C24H29NO5/c1-6-16(2)20-9-7-8-10-21(20)25-24(27)17(3)30-23(26)14-11-18-15-19(28-4)12-13-22(18)29-5/h7-17H,6H2,1-5H3,(H,25,27)/b14-11+/t16-,17+/m0/s1. The number of carbonyl (C=O) groups is 2. The minimum Gasteiger partial charge on any atom is -0.497 e. The molecule has 6 heteroatoms. The molecule has 1 N–H and O–H groups in total. The predicted molar refractivity (Wildman–Crippen MR) is 118 cm³/mol. The maximum atomic E-state index is 12.5. The molecule has 0 fully saturated rings. The van der Waals surface area contributed by atoms with Crippen molar-refractivity contribution in [2.24, 2.45) is 0 Å². The van der Waals surface area contributed by atoms with E-state index in [1.165, 1.54) is 6.08 Å². The summed E-state index contributed by atoms with van der Waals surface area (Å²) in [6.45, 7) is 5.74. The summed E-state index contributed by atoms with van der Waals surface area (Å²) in [5, 5.41) is 2.86. The normalized spacial score (nSPS) is 12.8. The van der Waals surface area contributed by atoms with Gasteiger partial charge in [-0.25, -0.2) is 4.79 Å². The number of methoxy groups -OCH3 is 2. The maximum absolute atomic E-state index is 12.5. The SMILES string of the molecule is CC[C@H](C)c1ccccc1NC(=O)[C@@H](C)OC(=O)/C=C/c1cc(OC)ccc1OC. The number of ether oxygens (including phenoxy) is 3. The van der Waals surface area contributed by atoms with Crippen LogP contribution in [0.5, 0.6) is 11.5 Å². The van der Waals surface area contributed by atoms with Crippen molar-refractivity contribution in [1.29, 1.82) is 0 Å². The van der Waals surface area contributed by atoms with Crippen LogP contribution in [0.3, 0.4) is 0 Å². The van der Waals surface area contributed by atoms with Gasteiger partial charge in [-0.05, 0) is 55.2 Å². The molecule has 0 aliphatic heterocycles. The molecule has 6 nitrogen and oxygen atoms in total. The Labute approximate surface area is 177 Å². The van der Waals surface area contributed by atoms with Crippen molar-refractivity contribution in [3.05, 3.63) is 59.7 Å². The summed E-state index contributed by atoms with van der Waals surface area (Å²) in [4.78, 5) is 24.7. The number of esters is 1. The van der Waals surface area contributed by atoms with Crippen LogP contribution in [0.1, 0.15) is 44.2 Å². The van der Waals surface area contributed by atoms with E-state index in [9.17, 15) is 9.59 Å². The first-order valence-electron chi connectivity index (χ1n) is 9.90. The van der Waals surface area contributed by atoms with E-state index in [2.05, 4.69) is 19.2 Å². The zero-order valence-corrected chi connectivity index (χ0v) is 18.1. The molecule has 0 aliphatic carbocycles. The molecule has 0 heterocycles. The minimum atomic E-state index is -0.945. The first-order chi connectivity index (χ1) is 14.4. The van der Waals surface area contributed by atoms with E-state index >= 15 is 0 Å². The summed E-state index contributed by atoms with van der Waals surface area (Å²) < 4.78 is 15.7. The molecule has 160 valence electrons. The Bertz CT molecular complexity index is 906. The second kappa shape index (κ2) is 11.0. The number of hydrogen-bond acceptors (Lipinski definition) is 5. The second-order valence-electron chi connectivity index (χ2n) is 6.91. The number of para-hydroxylation sites is 1. The van der Waals surface area contributed by atoms with E-state index < -0.39 is 12.1 Å². The summed E-state index contributed by atoms with van der Waals surface area (Å²) in [7, 11) is 3.10.